The van der Waals surface area contributed by atoms with Crippen LogP contribution in [0.15, 0.2) is 95.3 Å². The van der Waals surface area contributed by atoms with Crippen LogP contribution in [0.1, 0.15) is 37.4 Å². The van der Waals surface area contributed by atoms with Crippen molar-refractivity contribution in [2.24, 2.45) is 0 Å². The summed E-state index contributed by atoms with van der Waals surface area (Å²) < 4.78 is 7.90. The Hall–Kier alpha value is -3.75. The maximum absolute atomic E-state index is 13.7. The highest BCUT2D eigenvalue weighted by molar-refractivity contribution is 7.99. The second kappa shape index (κ2) is 11.8. The summed E-state index contributed by atoms with van der Waals surface area (Å²) in [5.74, 6) is 2.01. The lowest BCUT2D eigenvalue weighted by Crippen LogP contribution is -2.31. The first-order chi connectivity index (χ1) is 18.5. The quantitative estimate of drug-likeness (QED) is 0.222. The lowest BCUT2D eigenvalue weighted by molar-refractivity contribution is -0.113. The van der Waals surface area contributed by atoms with Gasteiger partial charge in [-0.25, -0.2) is 4.68 Å². The van der Waals surface area contributed by atoms with Crippen LogP contribution in [-0.4, -0.2) is 26.4 Å². The Morgan fingerprint density at radius 2 is 1.89 bits per heavy atom. The number of aromatic nitrogens is 3. The van der Waals surface area contributed by atoms with Gasteiger partial charge in [0.05, 0.1) is 5.57 Å². The fourth-order valence-corrected chi connectivity index (χ4v) is 5.04. The van der Waals surface area contributed by atoms with E-state index in [0.717, 1.165) is 34.7 Å². The van der Waals surface area contributed by atoms with Crippen LogP contribution in [0.2, 0.25) is 5.02 Å². The third kappa shape index (κ3) is 5.87. The van der Waals surface area contributed by atoms with E-state index in [2.05, 4.69) is 17.6 Å². The van der Waals surface area contributed by atoms with E-state index >= 15 is 0 Å². The molecule has 4 aromatic rings. The van der Waals surface area contributed by atoms with Gasteiger partial charge in [-0.15, -0.1) is 5.10 Å². The second-order valence-electron chi connectivity index (χ2n) is 8.89. The molecule has 1 aliphatic heterocycles. The molecule has 194 valence electrons. The first-order valence-corrected chi connectivity index (χ1v) is 13.8. The number of rotatable bonds is 9. The van der Waals surface area contributed by atoms with Crippen molar-refractivity contribution in [3.05, 3.63) is 106 Å². The normalized spacial score (nSPS) is 14.6. The SMILES string of the molecule is CCCSc1nc2n(n1)C(c1cccc(OCc3ccc(Cl)cc3)c1)C(C(=O)Nc1ccccc1)=C(C)N2. The molecule has 0 aliphatic carbocycles. The highest BCUT2D eigenvalue weighted by Gasteiger charge is 2.34. The van der Waals surface area contributed by atoms with Gasteiger partial charge in [-0.2, -0.15) is 4.98 Å². The number of hydrogen-bond acceptors (Lipinski definition) is 6. The molecule has 0 bridgehead atoms. The molecular weight excluding hydrogens is 518 g/mol. The molecule has 1 atom stereocenters. The van der Waals surface area contributed by atoms with E-state index in [-0.39, 0.29) is 5.91 Å². The van der Waals surface area contributed by atoms with Crippen LogP contribution >= 0.6 is 23.4 Å². The number of nitrogens with zero attached hydrogens (tertiary/aromatic N) is 3. The van der Waals surface area contributed by atoms with E-state index in [1.807, 2.05) is 85.8 Å². The van der Waals surface area contributed by atoms with Gasteiger partial charge in [-0.05, 0) is 60.9 Å². The van der Waals surface area contributed by atoms with Gasteiger partial charge in [0.2, 0.25) is 11.1 Å². The minimum Gasteiger partial charge on any atom is -0.489 e. The largest absolute Gasteiger partial charge is 0.489 e. The molecular formula is C29H28ClN5O2S. The average molecular weight is 546 g/mol. The monoisotopic (exact) mass is 545 g/mol. The first-order valence-electron chi connectivity index (χ1n) is 12.4. The van der Waals surface area contributed by atoms with Crippen molar-refractivity contribution in [3.63, 3.8) is 0 Å². The number of amides is 1. The van der Waals surface area contributed by atoms with Crippen LogP contribution in [0.4, 0.5) is 11.6 Å². The van der Waals surface area contributed by atoms with Crippen molar-refractivity contribution in [2.45, 2.75) is 38.1 Å². The molecule has 2 N–H and O–H groups in total. The highest BCUT2D eigenvalue weighted by Crippen LogP contribution is 2.37. The average Bonchev–Trinajstić information content (AvgIpc) is 3.33. The molecule has 0 spiro atoms. The number of thioether (sulfide) groups is 1. The maximum atomic E-state index is 13.7. The molecule has 0 saturated heterocycles. The van der Waals surface area contributed by atoms with Gasteiger partial charge in [0.25, 0.3) is 5.91 Å². The number of carbonyl (C=O) groups is 1. The summed E-state index contributed by atoms with van der Waals surface area (Å²) in [5.41, 5.74) is 3.89. The van der Waals surface area contributed by atoms with Gasteiger partial charge in [0.1, 0.15) is 18.4 Å². The standard InChI is InChI=1S/C29H28ClN5O2S/c1-3-16-38-29-33-28-31-19(2)25(27(36)32-23-9-5-4-6-10-23)26(35(28)34-29)21-8-7-11-24(17-21)37-18-20-12-14-22(30)15-13-20/h4-15,17,26H,3,16,18H2,1-2H3,(H,32,36)(H,31,33,34). The van der Waals surface area contributed by atoms with Crippen LogP contribution < -0.4 is 15.4 Å². The van der Waals surface area contributed by atoms with Gasteiger partial charge in [0, 0.05) is 22.2 Å². The molecule has 38 heavy (non-hydrogen) atoms. The number of nitrogens with one attached hydrogen (secondary N) is 2. The van der Waals surface area contributed by atoms with Crippen LogP contribution in [0, 0.1) is 0 Å². The molecule has 1 aliphatic rings. The minimum absolute atomic E-state index is 0.206. The van der Waals surface area contributed by atoms with E-state index in [0.29, 0.717) is 34.1 Å². The zero-order valence-corrected chi connectivity index (χ0v) is 22.7. The molecule has 1 unspecified atom stereocenters. The summed E-state index contributed by atoms with van der Waals surface area (Å²) >= 11 is 7.61. The number of carbonyl (C=O) groups excluding carboxylic acids is 1. The first kappa shape index (κ1) is 25.9. The van der Waals surface area contributed by atoms with E-state index in [1.54, 1.807) is 16.4 Å². The van der Waals surface area contributed by atoms with E-state index < -0.39 is 6.04 Å². The molecule has 3 aromatic carbocycles. The molecule has 9 heteroatoms. The van der Waals surface area contributed by atoms with Crippen molar-refractivity contribution >= 4 is 40.9 Å². The zero-order chi connectivity index (χ0) is 26.5. The Labute approximate surface area is 231 Å². The molecule has 0 saturated carbocycles. The van der Waals surface area contributed by atoms with E-state index in [9.17, 15) is 4.79 Å². The van der Waals surface area contributed by atoms with E-state index in [4.69, 9.17) is 26.4 Å². The van der Waals surface area contributed by atoms with Crippen molar-refractivity contribution < 1.29 is 9.53 Å². The Kier molecular flexibility index (Phi) is 8.00. The summed E-state index contributed by atoms with van der Waals surface area (Å²) in [4.78, 5) is 18.3. The Bertz CT molecular complexity index is 1450. The minimum atomic E-state index is -0.488. The topological polar surface area (TPSA) is 81.1 Å². The molecule has 1 amide bonds. The maximum Gasteiger partial charge on any atom is 0.255 e. The predicted molar refractivity (Wildman–Crippen MR) is 153 cm³/mol. The number of para-hydroxylation sites is 1. The molecule has 5 rings (SSSR count). The molecule has 0 fully saturated rings. The van der Waals surface area contributed by atoms with Crippen molar-refractivity contribution in [3.8, 4) is 5.75 Å². The lowest BCUT2D eigenvalue weighted by atomic mass is 9.95. The van der Waals surface area contributed by atoms with Gasteiger partial charge in [0.15, 0.2) is 0 Å². The number of allylic oxidation sites excluding steroid dienone is 1. The van der Waals surface area contributed by atoms with Gasteiger partial charge in [-0.1, -0.05) is 72.8 Å². The smallest absolute Gasteiger partial charge is 0.255 e. The van der Waals surface area contributed by atoms with E-state index in [1.165, 1.54) is 0 Å². The van der Waals surface area contributed by atoms with Crippen molar-refractivity contribution in [2.75, 3.05) is 16.4 Å². The second-order valence-corrected chi connectivity index (χ2v) is 10.4. The van der Waals surface area contributed by atoms with Crippen LogP contribution in [0.5, 0.6) is 5.75 Å². The molecule has 7 nitrogen and oxygen atoms in total. The van der Waals surface area contributed by atoms with Gasteiger partial charge < -0.3 is 15.4 Å². The summed E-state index contributed by atoms with van der Waals surface area (Å²) in [6, 6.07) is 24.3. The summed E-state index contributed by atoms with van der Waals surface area (Å²) in [5, 5.41) is 12.5. The number of halogens is 1. The molecule has 0 radical (unpaired) electrons. The Balaban J connectivity index is 1.49. The zero-order valence-electron chi connectivity index (χ0n) is 21.1. The third-order valence-corrected chi connectivity index (χ3v) is 7.33. The summed E-state index contributed by atoms with van der Waals surface area (Å²) in [7, 11) is 0. The Morgan fingerprint density at radius 3 is 2.66 bits per heavy atom. The van der Waals surface area contributed by atoms with Crippen molar-refractivity contribution in [1.29, 1.82) is 0 Å². The van der Waals surface area contributed by atoms with Gasteiger partial charge in [-0.3, -0.25) is 4.79 Å². The molecule has 2 heterocycles. The van der Waals surface area contributed by atoms with Gasteiger partial charge >= 0.3 is 0 Å². The van der Waals surface area contributed by atoms with Crippen LogP contribution in [0.3, 0.4) is 0 Å². The number of benzene rings is 3. The number of fused-ring (bicyclic) bond motifs is 1. The van der Waals surface area contributed by atoms with Crippen LogP contribution in [0.25, 0.3) is 0 Å². The third-order valence-electron chi connectivity index (χ3n) is 6.04. The number of anilines is 2. The highest BCUT2D eigenvalue weighted by atomic mass is 35.5. The number of hydrogen-bond donors (Lipinski definition) is 2. The Morgan fingerprint density at radius 1 is 1.11 bits per heavy atom. The molecule has 1 aromatic heterocycles. The number of ether oxygens (including phenoxy) is 1. The fourth-order valence-electron chi connectivity index (χ4n) is 4.23. The lowest BCUT2D eigenvalue weighted by Gasteiger charge is -2.29. The fraction of sp³-hybridized carbons (Fsp3) is 0.207. The van der Waals surface area contributed by atoms with Crippen molar-refractivity contribution in [1.82, 2.24) is 14.8 Å². The van der Waals surface area contributed by atoms with Crippen LogP contribution in [-0.2, 0) is 11.4 Å². The summed E-state index contributed by atoms with van der Waals surface area (Å²) in [6.45, 7) is 4.41. The predicted octanol–water partition coefficient (Wildman–Crippen LogP) is 6.94. The summed E-state index contributed by atoms with van der Waals surface area (Å²) in [6.07, 6.45) is 1.01.